The molecule has 11 heteroatoms. The van der Waals surface area contributed by atoms with Crippen LogP contribution in [0.4, 0.5) is 17.6 Å². The number of benzene rings is 1. The molecule has 1 fully saturated rings. The van der Waals surface area contributed by atoms with Gasteiger partial charge in [-0.05, 0) is 26.0 Å². The van der Waals surface area contributed by atoms with Gasteiger partial charge in [-0.2, -0.15) is 18.3 Å². The molecule has 35 heavy (non-hydrogen) atoms. The molecule has 0 aliphatic carbocycles. The average Bonchev–Trinajstić information content (AvgIpc) is 3.36. The quantitative estimate of drug-likeness (QED) is 0.648. The Morgan fingerprint density at radius 1 is 1.29 bits per heavy atom. The lowest BCUT2D eigenvalue weighted by atomic mass is 10.00. The molecular formula is C24H23F4N5O2. The Hall–Kier alpha value is -3.47. The van der Waals surface area contributed by atoms with Crippen molar-refractivity contribution in [2.24, 2.45) is 4.99 Å². The largest absolute Gasteiger partial charge is 0.419 e. The van der Waals surface area contributed by atoms with Crippen LogP contribution in [0.1, 0.15) is 42.6 Å². The molecule has 4 heterocycles. The molecule has 0 bridgehead atoms. The predicted molar refractivity (Wildman–Crippen MR) is 120 cm³/mol. The van der Waals surface area contributed by atoms with Gasteiger partial charge in [0, 0.05) is 35.6 Å². The summed E-state index contributed by atoms with van der Waals surface area (Å²) in [7, 11) is 0. The molecule has 5 rings (SSSR count). The first kappa shape index (κ1) is 23.3. The smallest absolute Gasteiger partial charge is 0.377 e. The number of amidine groups is 1. The van der Waals surface area contributed by atoms with Gasteiger partial charge in [-0.15, -0.1) is 0 Å². The fourth-order valence-electron chi connectivity index (χ4n) is 4.30. The minimum atomic E-state index is -4.83. The number of hydrogen-bond acceptors (Lipinski definition) is 5. The average molecular weight is 489 g/mol. The summed E-state index contributed by atoms with van der Waals surface area (Å²) in [6.45, 7) is 5.12. The Morgan fingerprint density at radius 3 is 2.74 bits per heavy atom. The van der Waals surface area contributed by atoms with E-state index in [9.17, 15) is 22.4 Å². The second-order valence-corrected chi connectivity index (χ2v) is 8.90. The maximum Gasteiger partial charge on any atom is 0.419 e. The minimum absolute atomic E-state index is 0.0509. The highest BCUT2D eigenvalue weighted by molar-refractivity contribution is 6.24. The summed E-state index contributed by atoms with van der Waals surface area (Å²) in [4.78, 5) is 19.7. The molecule has 0 spiro atoms. The number of aromatic nitrogens is 2. The summed E-state index contributed by atoms with van der Waals surface area (Å²) in [6.07, 6.45) is 2.33. The van der Waals surface area contributed by atoms with Crippen LogP contribution >= 0.6 is 0 Å². The summed E-state index contributed by atoms with van der Waals surface area (Å²) in [6, 6.07) is 2.15. The Kier molecular flexibility index (Phi) is 5.74. The molecule has 1 saturated heterocycles. The number of halogens is 4. The van der Waals surface area contributed by atoms with Gasteiger partial charge in [0.15, 0.2) is 0 Å². The molecule has 0 radical (unpaired) electrons. The molecule has 2 atom stereocenters. The van der Waals surface area contributed by atoms with Gasteiger partial charge in [-0.3, -0.25) is 14.5 Å². The maximum atomic E-state index is 14.6. The van der Waals surface area contributed by atoms with Crippen LogP contribution < -0.4 is 5.32 Å². The molecule has 7 nitrogen and oxygen atoms in total. The van der Waals surface area contributed by atoms with Crippen LogP contribution in [0.25, 0.3) is 5.57 Å². The number of carbonyl (C=O) groups is 1. The number of allylic oxidation sites excluding steroid dienone is 2. The highest BCUT2D eigenvalue weighted by Crippen LogP contribution is 2.34. The molecule has 1 amide bonds. The zero-order valence-corrected chi connectivity index (χ0v) is 19.0. The fraction of sp³-hybridized carbons (Fsp3) is 0.375. The molecule has 1 aromatic heterocycles. The summed E-state index contributed by atoms with van der Waals surface area (Å²) < 4.78 is 61.1. The van der Waals surface area contributed by atoms with E-state index in [1.165, 1.54) is 13.0 Å². The number of alkyl halides is 3. The van der Waals surface area contributed by atoms with Crippen LogP contribution in [-0.4, -0.2) is 52.2 Å². The van der Waals surface area contributed by atoms with E-state index in [-0.39, 0.29) is 23.2 Å². The van der Waals surface area contributed by atoms with Gasteiger partial charge in [0.1, 0.15) is 11.7 Å². The number of fused-ring (bicyclic) bond motifs is 1. The predicted octanol–water partition coefficient (Wildman–Crippen LogP) is 3.87. The summed E-state index contributed by atoms with van der Waals surface area (Å²) >= 11 is 0. The van der Waals surface area contributed by atoms with E-state index >= 15 is 0 Å². The monoisotopic (exact) mass is 489 g/mol. The lowest BCUT2D eigenvalue weighted by Gasteiger charge is -2.26. The van der Waals surface area contributed by atoms with Crippen molar-refractivity contribution < 1.29 is 27.1 Å². The van der Waals surface area contributed by atoms with E-state index in [1.54, 1.807) is 12.3 Å². The lowest BCUT2D eigenvalue weighted by molar-refractivity contribution is -0.140. The van der Waals surface area contributed by atoms with Crippen LogP contribution in [-0.2, 0) is 15.7 Å². The number of ether oxygens (including phenoxy) is 1. The molecule has 1 aromatic carbocycles. The third-order valence-electron chi connectivity index (χ3n) is 6.23. The van der Waals surface area contributed by atoms with Crippen LogP contribution in [0.3, 0.4) is 0 Å². The molecule has 184 valence electrons. The highest BCUT2D eigenvalue weighted by atomic mass is 19.4. The Bertz CT molecular complexity index is 1260. The van der Waals surface area contributed by atoms with Crippen molar-refractivity contribution in [2.45, 2.75) is 38.1 Å². The van der Waals surface area contributed by atoms with Crippen molar-refractivity contribution in [3.8, 4) is 0 Å². The number of hydrogen-bond donors (Lipinski definition) is 1. The van der Waals surface area contributed by atoms with Crippen molar-refractivity contribution in [1.29, 1.82) is 0 Å². The lowest BCUT2D eigenvalue weighted by Crippen LogP contribution is -2.37. The minimum Gasteiger partial charge on any atom is -0.377 e. The van der Waals surface area contributed by atoms with Crippen LogP contribution in [0.2, 0.25) is 0 Å². The first-order valence-corrected chi connectivity index (χ1v) is 11.2. The Balaban J connectivity index is 1.42. The normalized spacial score (nSPS) is 21.0. The summed E-state index contributed by atoms with van der Waals surface area (Å²) in [5.41, 5.74) is 0.186. The number of nitrogens with one attached hydrogen (secondary N) is 1. The molecular weight excluding hydrogens is 466 g/mol. The standard InChI is InChI=1S/C24H23F4N5O2/c1-13-8-32-9-15(16-7-29-33(10-16)17-11-35-12-17)6-19(22(32)30-13)23(34)31-14(2)18-4-3-5-20(21(18)25)24(26,27)28/h3-7,9-10,13-14,17H,8,11-12H2,1-2H3,(H,31,34)/t13-,14-/m1/s1. The van der Waals surface area contributed by atoms with Crippen LogP contribution in [0, 0.1) is 5.82 Å². The molecule has 0 unspecified atom stereocenters. The van der Waals surface area contributed by atoms with Crippen molar-refractivity contribution in [2.75, 3.05) is 19.8 Å². The first-order valence-electron chi connectivity index (χ1n) is 11.2. The first-order chi connectivity index (χ1) is 16.6. The van der Waals surface area contributed by atoms with Crippen molar-refractivity contribution >= 4 is 17.3 Å². The number of amides is 1. The molecule has 1 N–H and O–H groups in total. The number of rotatable bonds is 5. The maximum absolute atomic E-state index is 14.6. The van der Waals surface area contributed by atoms with Crippen LogP contribution in [0.15, 0.2) is 53.4 Å². The second-order valence-electron chi connectivity index (χ2n) is 8.90. The van der Waals surface area contributed by atoms with E-state index in [1.807, 2.05) is 28.9 Å². The SMILES string of the molecule is C[C@@H]1CN2C=C(c3cnn(C4COC4)c3)C=C(C(=O)N[C@H](C)c3cccc(C(F)(F)F)c3F)C2=N1. The van der Waals surface area contributed by atoms with E-state index in [2.05, 4.69) is 15.4 Å². The van der Waals surface area contributed by atoms with Gasteiger partial charge in [0.25, 0.3) is 5.91 Å². The Morgan fingerprint density at radius 2 is 2.06 bits per heavy atom. The van der Waals surface area contributed by atoms with Gasteiger partial charge >= 0.3 is 6.18 Å². The van der Waals surface area contributed by atoms with Crippen molar-refractivity contribution in [3.05, 3.63) is 70.9 Å². The third kappa shape index (κ3) is 4.36. The van der Waals surface area contributed by atoms with Gasteiger partial charge in [-0.25, -0.2) is 4.39 Å². The molecule has 2 aromatic rings. The molecule has 3 aliphatic heterocycles. The van der Waals surface area contributed by atoms with Gasteiger partial charge in [-0.1, -0.05) is 12.1 Å². The molecule has 3 aliphatic rings. The van der Waals surface area contributed by atoms with E-state index < -0.39 is 29.5 Å². The fourth-order valence-corrected chi connectivity index (χ4v) is 4.30. The van der Waals surface area contributed by atoms with E-state index in [0.29, 0.717) is 31.7 Å². The zero-order chi connectivity index (χ0) is 24.9. The summed E-state index contributed by atoms with van der Waals surface area (Å²) in [5, 5.41) is 7.03. The van der Waals surface area contributed by atoms with Crippen LogP contribution in [0.5, 0.6) is 0 Å². The second kappa shape index (κ2) is 8.63. The van der Waals surface area contributed by atoms with Crippen molar-refractivity contribution in [3.63, 3.8) is 0 Å². The van der Waals surface area contributed by atoms with Gasteiger partial charge in [0.05, 0.1) is 48.7 Å². The summed E-state index contributed by atoms with van der Waals surface area (Å²) in [5.74, 6) is -1.49. The topological polar surface area (TPSA) is 71.8 Å². The number of carbonyl (C=O) groups excluding carboxylic acids is 1. The Labute approximate surface area is 198 Å². The number of nitrogens with zero attached hydrogens (tertiary/aromatic N) is 4. The van der Waals surface area contributed by atoms with E-state index in [4.69, 9.17) is 4.74 Å². The zero-order valence-electron chi connectivity index (χ0n) is 19.0. The van der Waals surface area contributed by atoms with Gasteiger partial charge < -0.3 is 15.0 Å². The molecule has 0 saturated carbocycles. The highest BCUT2D eigenvalue weighted by Gasteiger charge is 2.36. The third-order valence-corrected chi connectivity index (χ3v) is 6.23. The van der Waals surface area contributed by atoms with E-state index in [0.717, 1.165) is 17.2 Å². The van der Waals surface area contributed by atoms with Gasteiger partial charge in [0.2, 0.25) is 0 Å². The number of aliphatic imine (C=N–C) groups is 1. The van der Waals surface area contributed by atoms with Crippen molar-refractivity contribution in [1.82, 2.24) is 20.0 Å².